The fraction of sp³-hybridized carbons (Fsp3) is 0.520. The van der Waals surface area contributed by atoms with E-state index in [2.05, 4.69) is 20.5 Å². The summed E-state index contributed by atoms with van der Waals surface area (Å²) in [6.45, 7) is 3.60. The number of nitrogens with two attached hydrogens (primary N) is 1. The predicted molar refractivity (Wildman–Crippen MR) is 127 cm³/mol. The number of nitrogens with zero attached hydrogens (tertiary/aromatic N) is 5. The third kappa shape index (κ3) is 4.06. The molecular weight excluding hydrogens is 528 g/mol. The Balaban J connectivity index is 1.31. The lowest BCUT2D eigenvalue weighted by molar-refractivity contribution is -0.180. The molecule has 1 amide bonds. The van der Waals surface area contributed by atoms with Crippen molar-refractivity contribution in [1.29, 1.82) is 0 Å². The van der Waals surface area contributed by atoms with Crippen molar-refractivity contribution in [3.63, 3.8) is 0 Å². The Bertz CT molecular complexity index is 1490. The summed E-state index contributed by atoms with van der Waals surface area (Å²) in [6.07, 6.45) is -8.66. The summed E-state index contributed by atoms with van der Waals surface area (Å²) in [4.78, 5) is 19.7. The fourth-order valence-electron chi connectivity index (χ4n) is 6.54. The molecule has 1 aromatic carbocycles. The van der Waals surface area contributed by atoms with Gasteiger partial charge < -0.3 is 16.0 Å². The van der Waals surface area contributed by atoms with Crippen LogP contribution in [0.3, 0.4) is 0 Å². The number of rotatable bonds is 4. The molecule has 2 bridgehead atoms. The van der Waals surface area contributed by atoms with E-state index in [0.29, 0.717) is 22.9 Å². The van der Waals surface area contributed by atoms with E-state index in [4.69, 9.17) is 5.73 Å². The number of aromatic nitrogens is 4. The van der Waals surface area contributed by atoms with Crippen molar-refractivity contribution in [1.82, 2.24) is 24.5 Å². The third-order valence-corrected chi connectivity index (χ3v) is 8.42. The quantitative estimate of drug-likeness (QED) is 0.347. The van der Waals surface area contributed by atoms with E-state index in [0.717, 1.165) is 12.1 Å². The molecule has 3 saturated carbocycles. The van der Waals surface area contributed by atoms with E-state index in [-0.39, 0.29) is 55.3 Å². The zero-order valence-electron chi connectivity index (χ0n) is 21.0. The van der Waals surface area contributed by atoms with Gasteiger partial charge in [-0.1, -0.05) is 0 Å². The Kier molecular flexibility index (Phi) is 5.41. The minimum atomic E-state index is -4.58. The van der Waals surface area contributed by atoms with Gasteiger partial charge >= 0.3 is 12.4 Å². The number of aryl methyl sites for hydroxylation is 1. The smallest absolute Gasteiger partial charge is 0.399 e. The molecule has 3 aliphatic carbocycles. The summed E-state index contributed by atoms with van der Waals surface area (Å²) in [5.41, 5.74) is 5.36. The lowest BCUT2D eigenvalue weighted by Crippen LogP contribution is -2.44. The molecule has 3 fully saturated rings. The number of nitrogens with one attached hydrogen (secondary N) is 1. The highest BCUT2D eigenvalue weighted by Crippen LogP contribution is 2.66. The van der Waals surface area contributed by atoms with Gasteiger partial charge in [0, 0.05) is 11.3 Å². The van der Waals surface area contributed by atoms with Crippen molar-refractivity contribution in [2.75, 3.05) is 11.1 Å². The van der Waals surface area contributed by atoms with Crippen molar-refractivity contribution in [2.45, 2.75) is 64.6 Å². The first-order valence-electron chi connectivity index (χ1n) is 12.5. The number of fused-ring (bicyclic) bond motifs is 4. The number of hydrogen-bond acceptors (Lipinski definition) is 6. The van der Waals surface area contributed by atoms with Crippen LogP contribution in [-0.4, -0.2) is 36.6 Å². The Morgan fingerprint density at radius 2 is 1.82 bits per heavy atom. The second-order valence-corrected chi connectivity index (χ2v) is 11.0. The van der Waals surface area contributed by atoms with E-state index < -0.39 is 41.2 Å². The van der Waals surface area contributed by atoms with Crippen LogP contribution < -0.4 is 11.1 Å². The van der Waals surface area contributed by atoms with Gasteiger partial charge in [-0.15, -0.1) is 10.2 Å². The maximum atomic E-state index is 13.6. The largest absolute Gasteiger partial charge is 0.416 e. The fourth-order valence-corrected chi connectivity index (χ4v) is 6.54. The SMILES string of the molecule is Cc1nnc2nc(N[C@H](C)c3cc(N)cc(C(F)(F)F)c3)c3c(n12)CN(C(=O)C12CC(C1)[C@@H](C(F)(F)F)C2)C3. The van der Waals surface area contributed by atoms with Crippen LogP contribution in [0.1, 0.15) is 60.4 Å². The summed E-state index contributed by atoms with van der Waals surface area (Å²) >= 11 is 0. The maximum absolute atomic E-state index is 13.6. The first-order chi connectivity index (χ1) is 18.2. The topological polar surface area (TPSA) is 101 Å². The molecule has 39 heavy (non-hydrogen) atoms. The number of benzene rings is 1. The van der Waals surface area contributed by atoms with Crippen LogP contribution in [-0.2, 0) is 24.1 Å². The van der Waals surface area contributed by atoms with Gasteiger partial charge in [0.05, 0.1) is 41.7 Å². The third-order valence-electron chi connectivity index (χ3n) is 8.42. The molecule has 0 unspecified atom stereocenters. The Morgan fingerprint density at radius 1 is 1.10 bits per heavy atom. The van der Waals surface area contributed by atoms with Crippen LogP contribution >= 0.6 is 0 Å². The Morgan fingerprint density at radius 3 is 2.46 bits per heavy atom. The van der Waals surface area contributed by atoms with Gasteiger partial charge in [0.25, 0.3) is 5.78 Å². The number of alkyl halides is 6. The van der Waals surface area contributed by atoms with Gasteiger partial charge in [-0.2, -0.15) is 31.3 Å². The highest BCUT2D eigenvalue weighted by molar-refractivity contribution is 5.85. The highest BCUT2D eigenvalue weighted by atomic mass is 19.4. The number of carbonyl (C=O) groups is 1. The summed E-state index contributed by atoms with van der Waals surface area (Å²) < 4.78 is 82.1. The maximum Gasteiger partial charge on any atom is 0.416 e. The highest BCUT2D eigenvalue weighted by Gasteiger charge is 2.67. The second kappa shape index (κ2) is 8.21. The Hall–Kier alpha value is -3.58. The van der Waals surface area contributed by atoms with Crippen LogP contribution in [0.4, 0.5) is 37.8 Å². The Labute approximate surface area is 218 Å². The number of nitrogen functional groups attached to an aromatic ring is 1. The van der Waals surface area contributed by atoms with Crippen molar-refractivity contribution in [3.8, 4) is 0 Å². The molecule has 3 heterocycles. The summed E-state index contributed by atoms with van der Waals surface area (Å²) in [5, 5.41) is 11.3. The number of carbonyl (C=O) groups excluding carboxylic acids is 1. The van der Waals surface area contributed by atoms with Gasteiger partial charge in [-0.25, -0.2) is 0 Å². The normalized spacial score (nSPS) is 25.1. The summed E-state index contributed by atoms with van der Waals surface area (Å²) in [5.74, 6) is -1.23. The molecule has 4 aliphatic rings. The molecule has 8 nitrogen and oxygen atoms in total. The number of anilines is 2. The van der Waals surface area contributed by atoms with Crippen LogP contribution in [0.5, 0.6) is 0 Å². The minimum Gasteiger partial charge on any atom is -0.399 e. The average Bonchev–Trinajstić information content (AvgIpc) is 3.58. The van der Waals surface area contributed by atoms with Crippen LogP contribution in [0, 0.1) is 24.2 Å². The molecule has 1 aliphatic heterocycles. The van der Waals surface area contributed by atoms with Crippen LogP contribution in [0.15, 0.2) is 18.2 Å². The first kappa shape index (κ1) is 25.7. The summed E-state index contributed by atoms with van der Waals surface area (Å²) in [6, 6.07) is 2.65. The molecule has 0 radical (unpaired) electrons. The molecule has 0 spiro atoms. The van der Waals surface area contributed by atoms with E-state index in [1.165, 1.54) is 11.0 Å². The molecule has 7 rings (SSSR count). The zero-order chi connectivity index (χ0) is 28.1. The van der Waals surface area contributed by atoms with Crippen molar-refractivity contribution in [2.24, 2.45) is 17.3 Å². The van der Waals surface area contributed by atoms with Crippen molar-refractivity contribution >= 4 is 23.2 Å². The molecule has 208 valence electrons. The molecule has 0 saturated heterocycles. The molecule has 3 N–H and O–H groups in total. The molecule has 2 atom stereocenters. The summed E-state index contributed by atoms with van der Waals surface area (Å²) in [7, 11) is 0. The average molecular weight is 554 g/mol. The van der Waals surface area contributed by atoms with Gasteiger partial charge in [0.1, 0.15) is 11.6 Å². The number of halogens is 6. The molecule has 3 aromatic rings. The number of hydrogen-bond donors (Lipinski definition) is 2. The van der Waals surface area contributed by atoms with Gasteiger partial charge in [-0.05, 0) is 62.8 Å². The van der Waals surface area contributed by atoms with E-state index in [9.17, 15) is 31.1 Å². The lowest BCUT2D eigenvalue weighted by Gasteiger charge is -2.39. The predicted octanol–water partition coefficient (Wildman–Crippen LogP) is 5.03. The number of amides is 1. The standard InChI is InChI=1S/C25H25F6N7O/c1-11(13-3-15(24(26,27)28)5-16(32)4-13)33-20-17-9-37(10-19(17)38-12(2)35-36-22(38)34-20)21(39)23-6-14(7-23)18(8-23)25(29,30)31/h3-5,11,14,18H,6-10,32H2,1-2H3,(H,33,34,36)/t11-,14?,18+,23?/m1/s1. The van der Waals surface area contributed by atoms with Crippen molar-refractivity contribution < 1.29 is 31.1 Å². The monoisotopic (exact) mass is 553 g/mol. The van der Waals surface area contributed by atoms with E-state index in [1.54, 1.807) is 18.2 Å². The second-order valence-electron chi connectivity index (χ2n) is 11.0. The molecule has 2 aromatic heterocycles. The van der Waals surface area contributed by atoms with Gasteiger partial charge in [0.15, 0.2) is 0 Å². The molecular formula is C25H25F6N7O. The van der Waals surface area contributed by atoms with Crippen molar-refractivity contribution in [3.05, 3.63) is 46.4 Å². The van der Waals surface area contributed by atoms with Gasteiger partial charge in [0.2, 0.25) is 5.91 Å². The first-order valence-corrected chi connectivity index (χ1v) is 12.5. The minimum absolute atomic E-state index is 0.0428. The van der Waals surface area contributed by atoms with E-state index in [1.807, 2.05) is 0 Å². The van der Waals surface area contributed by atoms with Crippen LogP contribution in [0.25, 0.3) is 5.78 Å². The molecule has 14 heteroatoms. The lowest BCUT2D eigenvalue weighted by atomic mass is 9.68. The van der Waals surface area contributed by atoms with E-state index >= 15 is 0 Å². The van der Waals surface area contributed by atoms with Crippen LogP contribution in [0.2, 0.25) is 0 Å². The van der Waals surface area contributed by atoms with Gasteiger partial charge in [-0.3, -0.25) is 9.20 Å². The zero-order valence-corrected chi connectivity index (χ0v) is 21.0.